The SMILES string of the molecule is COC(=O)C[C@@H](C)c1ccc(N(CC(C)C)[C@H]2CC[C@@H](OC)CC2)c(N)c1. The van der Waals surface area contributed by atoms with Crippen LogP contribution in [0.5, 0.6) is 0 Å². The molecular formula is C22H36N2O3. The number of anilines is 2. The summed E-state index contributed by atoms with van der Waals surface area (Å²) in [5.41, 5.74) is 9.45. The van der Waals surface area contributed by atoms with E-state index in [1.54, 1.807) is 0 Å². The summed E-state index contributed by atoms with van der Waals surface area (Å²) < 4.78 is 10.3. The van der Waals surface area contributed by atoms with Crippen LogP contribution in [-0.4, -0.2) is 38.9 Å². The minimum atomic E-state index is -0.193. The fourth-order valence-corrected chi connectivity index (χ4v) is 4.02. The van der Waals surface area contributed by atoms with E-state index in [0.29, 0.717) is 24.5 Å². The minimum Gasteiger partial charge on any atom is -0.469 e. The largest absolute Gasteiger partial charge is 0.469 e. The van der Waals surface area contributed by atoms with E-state index in [2.05, 4.69) is 30.9 Å². The molecule has 1 atom stereocenters. The van der Waals surface area contributed by atoms with Gasteiger partial charge in [0.15, 0.2) is 0 Å². The molecule has 2 N–H and O–H groups in total. The number of benzene rings is 1. The van der Waals surface area contributed by atoms with Crippen molar-refractivity contribution in [3.8, 4) is 0 Å². The van der Waals surface area contributed by atoms with Crippen LogP contribution in [0.15, 0.2) is 18.2 Å². The Morgan fingerprint density at radius 3 is 2.37 bits per heavy atom. The number of ether oxygens (including phenoxy) is 2. The van der Waals surface area contributed by atoms with Crippen molar-refractivity contribution in [3.63, 3.8) is 0 Å². The van der Waals surface area contributed by atoms with Crippen LogP contribution in [0.3, 0.4) is 0 Å². The van der Waals surface area contributed by atoms with Crippen molar-refractivity contribution in [2.24, 2.45) is 5.92 Å². The van der Waals surface area contributed by atoms with Gasteiger partial charge in [0.25, 0.3) is 0 Å². The molecule has 0 bridgehead atoms. The van der Waals surface area contributed by atoms with Crippen LogP contribution in [0.25, 0.3) is 0 Å². The van der Waals surface area contributed by atoms with E-state index >= 15 is 0 Å². The summed E-state index contributed by atoms with van der Waals surface area (Å²) in [6.07, 6.45) is 5.22. The Morgan fingerprint density at radius 2 is 1.85 bits per heavy atom. The van der Waals surface area contributed by atoms with Crippen LogP contribution >= 0.6 is 0 Å². The molecule has 0 saturated heterocycles. The molecule has 0 aliphatic heterocycles. The molecule has 152 valence electrons. The third-order valence-corrected chi connectivity index (χ3v) is 5.61. The third-order valence-electron chi connectivity index (χ3n) is 5.61. The molecule has 1 aliphatic rings. The van der Waals surface area contributed by atoms with Crippen molar-refractivity contribution in [3.05, 3.63) is 23.8 Å². The van der Waals surface area contributed by atoms with E-state index in [-0.39, 0.29) is 11.9 Å². The maximum absolute atomic E-state index is 11.6. The van der Waals surface area contributed by atoms with Crippen molar-refractivity contribution in [1.29, 1.82) is 0 Å². The second-order valence-corrected chi connectivity index (χ2v) is 8.21. The Kier molecular flexibility index (Phi) is 7.96. The highest BCUT2D eigenvalue weighted by Gasteiger charge is 2.27. The molecule has 0 spiro atoms. The molecule has 2 rings (SSSR count). The summed E-state index contributed by atoms with van der Waals surface area (Å²) in [7, 11) is 3.23. The lowest BCUT2D eigenvalue weighted by atomic mass is 9.90. The number of nitrogen functional groups attached to an aromatic ring is 1. The van der Waals surface area contributed by atoms with E-state index in [1.807, 2.05) is 20.1 Å². The number of nitrogens with zero attached hydrogens (tertiary/aromatic N) is 1. The molecule has 27 heavy (non-hydrogen) atoms. The first-order valence-corrected chi connectivity index (χ1v) is 10.1. The molecule has 0 heterocycles. The first-order chi connectivity index (χ1) is 12.8. The molecule has 0 radical (unpaired) electrons. The second-order valence-electron chi connectivity index (χ2n) is 8.21. The van der Waals surface area contributed by atoms with Gasteiger partial charge >= 0.3 is 5.97 Å². The number of carbonyl (C=O) groups excluding carboxylic acids is 1. The number of carbonyl (C=O) groups is 1. The van der Waals surface area contributed by atoms with Crippen LogP contribution in [-0.2, 0) is 14.3 Å². The molecule has 1 fully saturated rings. The molecule has 0 unspecified atom stereocenters. The lowest BCUT2D eigenvalue weighted by Gasteiger charge is -2.39. The molecule has 1 aromatic rings. The highest BCUT2D eigenvalue weighted by atomic mass is 16.5. The van der Waals surface area contributed by atoms with E-state index in [4.69, 9.17) is 15.2 Å². The molecule has 0 amide bonds. The molecule has 5 heteroatoms. The first kappa shape index (κ1) is 21.5. The Balaban J connectivity index is 2.19. The number of hydrogen-bond donors (Lipinski definition) is 1. The van der Waals surface area contributed by atoms with Crippen LogP contribution in [0.2, 0.25) is 0 Å². The molecule has 5 nitrogen and oxygen atoms in total. The fraction of sp³-hybridized carbons (Fsp3) is 0.682. The zero-order valence-corrected chi connectivity index (χ0v) is 17.5. The van der Waals surface area contributed by atoms with Gasteiger partial charge in [0.1, 0.15) is 0 Å². The molecule has 0 aromatic heterocycles. The van der Waals surface area contributed by atoms with Gasteiger partial charge < -0.3 is 20.1 Å². The number of methoxy groups -OCH3 is 2. The average molecular weight is 377 g/mol. The van der Waals surface area contributed by atoms with E-state index in [0.717, 1.165) is 49.2 Å². The monoisotopic (exact) mass is 376 g/mol. The summed E-state index contributed by atoms with van der Waals surface area (Å²) in [6, 6.07) is 6.76. The zero-order valence-electron chi connectivity index (χ0n) is 17.5. The van der Waals surface area contributed by atoms with E-state index in [9.17, 15) is 4.79 Å². The van der Waals surface area contributed by atoms with E-state index in [1.165, 1.54) is 7.11 Å². The number of nitrogens with two attached hydrogens (primary N) is 1. The average Bonchev–Trinajstić information content (AvgIpc) is 2.66. The number of rotatable bonds is 8. The predicted molar refractivity (Wildman–Crippen MR) is 111 cm³/mol. The molecule has 1 aromatic carbocycles. The number of hydrogen-bond acceptors (Lipinski definition) is 5. The van der Waals surface area contributed by atoms with Crippen LogP contribution in [0.1, 0.15) is 64.4 Å². The van der Waals surface area contributed by atoms with Crippen LogP contribution < -0.4 is 10.6 Å². The summed E-state index contributed by atoms with van der Waals surface area (Å²) >= 11 is 0. The quantitative estimate of drug-likeness (QED) is 0.539. The van der Waals surface area contributed by atoms with Gasteiger partial charge in [-0.05, 0) is 55.2 Å². The Morgan fingerprint density at radius 1 is 1.19 bits per heavy atom. The lowest BCUT2D eigenvalue weighted by molar-refractivity contribution is -0.140. The summed E-state index contributed by atoms with van der Waals surface area (Å²) in [4.78, 5) is 14.0. The molecular weight excluding hydrogens is 340 g/mol. The Bertz CT molecular complexity index is 610. The molecule has 1 saturated carbocycles. The van der Waals surface area contributed by atoms with Gasteiger partial charge in [-0.3, -0.25) is 4.79 Å². The van der Waals surface area contributed by atoms with Gasteiger partial charge in [-0.15, -0.1) is 0 Å². The second kappa shape index (κ2) is 9.98. The van der Waals surface area contributed by atoms with Gasteiger partial charge in [0.05, 0.1) is 31.0 Å². The maximum atomic E-state index is 11.6. The smallest absolute Gasteiger partial charge is 0.306 e. The van der Waals surface area contributed by atoms with Crippen LogP contribution in [0.4, 0.5) is 11.4 Å². The van der Waals surface area contributed by atoms with Gasteiger partial charge in [-0.25, -0.2) is 0 Å². The van der Waals surface area contributed by atoms with Crippen molar-refractivity contribution >= 4 is 17.3 Å². The van der Waals surface area contributed by atoms with Crippen molar-refractivity contribution in [2.75, 3.05) is 31.4 Å². The lowest BCUT2D eigenvalue weighted by Crippen LogP contribution is -2.42. The normalized spacial score (nSPS) is 21.1. The van der Waals surface area contributed by atoms with Crippen molar-refractivity contribution < 1.29 is 14.3 Å². The summed E-state index contributed by atoms with van der Waals surface area (Å²) in [5, 5.41) is 0. The highest BCUT2D eigenvalue weighted by molar-refractivity contribution is 5.72. The van der Waals surface area contributed by atoms with Crippen molar-refractivity contribution in [1.82, 2.24) is 0 Å². The van der Waals surface area contributed by atoms with Gasteiger partial charge in [-0.2, -0.15) is 0 Å². The Labute approximate surface area is 164 Å². The van der Waals surface area contributed by atoms with Gasteiger partial charge in [-0.1, -0.05) is 26.8 Å². The Hall–Kier alpha value is -1.75. The fourth-order valence-electron chi connectivity index (χ4n) is 4.02. The van der Waals surface area contributed by atoms with E-state index < -0.39 is 0 Å². The van der Waals surface area contributed by atoms with Crippen LogP contribution in [0, 0.1) is 5.92 Å². The first-order valence-electron chi connectivity index (χ1n) is 10.1. The van der Waals surface area contributed by atoms with Crippen molar-refractivity contribution in [2.45, 2.75) is 70.9 Å². The predicted octanol–water partition coefficient (Wildman–Crippen LogP) is 4.36. The standard InChI is InChI=1S/C22H36N2O3/c1-15(2)14-24(18-7-9-19(26-4)10-8-18)21-11-6-17(13-20(21)23)16(3)12-22(25)27-5/h6,11,13,15-16,18-19H,7-10,12,14,23H2,1-5H3/t16-,18-,19+/m1/s1. The zero-order chi connectivity index (χ0) is 20.0. The summed E-state index contributed by atoms with van der Waals surface area (Å²) in [5.74, 6) is 0.452. The third kappa shape index (κ3) is 5.86. The number of esters is 1. The highest BCUT2D eigenvalue weighted by Crippen LogP contribution is 2.34. The topological polar surface area (TPSA) is 64.8 Å². The molecule has 1 aliphatic carbocycles. The van der Waals surface area contributed by atoms with Gasteiger partial charge in [0.2, 0.25) is 0 Å². The maximum Gasteiger partial charge on any atom is 0.306 e. The minimum absolute atomic E-state index is 0.0875. The summed E-state index contributed by atoms with van der Waals surface area (Å²) in [6.45, 7) is 7.51. The van der Waals surface area contributed by atoms with Gasteiger partial charge in [0, 0.05) is 19.7 Å².